The van der Waals surface area contributed by atoms with Gasteiger partial charge in [-0.15, -0.1) is 0 Å². The summed E-state index contributed by atoms with van der Waals surface area (Å²) in [6, 6.07) is 2.43. The zero-order valence-corrected chi connectivity index (χ0v) is 17.2. The highest BCUT2D eigenvalue weighted by Crippen LogP contribution is 2.43. The van der Waals surface area contributed by atoms with Gasteiger partial charge < -0.3 is 15.0 Å². The van der Waals surface area contributed by atoms with Crippen LogP contribution in [0.2, 0.25) is 0 Å². The monoisotopic (exact) mass is 480 g/mol. The summed E-state index contributed by atoms with van der Waals surface area (Å²) in [7, 11) is -3.18. The SMILES string of the molecule is COc1c(N2C[C@@H](C(F)(F)F)C[C@H]2C(=O)Nc2ccnc(S(N)(=O)=O)c2)ccc(F)c1F. The Bertz CT molecular complexity index is 1140. The smallest absolute Gasteiger partial charge is 0.393 e. The lowest BCUT2D eigenvalue weighted by Crippen LogP contribution is -2.40. The van der Waals surface area contributed by atoms with Gasteiger partial charge in [-0.05, 0) is 24.6 Å². The van der Waals surface area contributed by atoms with Crippen molar-refractivity contribution in [3.05, 3.63) is 42.1 Å². The Kier molecular flexibility index (Phi) is 6.29. The number of hydrogen-bond acceptors (Lipinski definition) is 6. The van der Waals surface area contributed by atoms with E-state index in [0.29, 0.717) is 6.07 Å². The van der Waals surface area contributed by atoms with Gasteiger partial charge in [-0.25, -0.2) is 22.9 Å². The Balaban J connectivity index is 1.97. The maximum Gasteiger partial charge on any atom is 0.393 e. The topological polar surface area (TPSA) is 115 Å². The number of nitrogens with zero attached hydrogens (tertiary/aromatic N) is 2. The molecule has 2 heterocycles. The molecule has 0 saturated carbocycles. The van der Waals surface area contributed by atoms with E-state index in [1.807, 2.05) is 0 Å². The van der Waals surface area contributed by atoms with Gasteiger partial charge in [0.05, 0.1) is 18.7 Å². The molecule has 0 spiro atoms. The fraction of sp³-hybridized carbons (Fsp3) is 0.333. The van der Waals surface area contributed by atoms with Crippen molar-refractivity contribution in [3.63, 3.8) is 0 Å². The normalized spacial score (nSPS) is 19.2. The molecule has 1 saturated heterocycles. The van der Waals surface area contributed by atoms with Crippen LogP contribution in [0.5, 0.6) is 5.75 Å². The molecule has 0 unspecified atom stereocenters. The van der Waals surface area contributed by atoms with Crippen molar-refractivity contribution in [1.82, 2.24) is 4.98 Å². The molecule has 2 aromatic rings. The van der Waals surface area contributed by atoms with E-state index in [2.05, 4.69) is 10.3 Å². The predicted molar refractivity (Wildman–Crippen MR) is 102 cm³/mol. The zero-order chi connectivity index (χ0) is 23.8. The Morgan fingerprint density at radius 2 is 1.97 bits per heavy atom. The number of benzene rings is 1. The van der Waals surface area contributed by atoms with Crippen LogP contribution in [0.1, 0.15) is 6.42 Å². The number of methoxy groups -OCH3 is 1. The second-order valence-electron chi connectivity index (χ2n) is 6.97. The molecule has 8 nitrogen and oxygen atoms in total. The van der Waals surface area contributed by atoms with E-state index in [0.717, 1.165) is 30.3 Å². The molecule has 3 N–H and O–H groups in total. The number of nitrogens with two attached hydrogens (primary N) is 1. The van der Waals surface area contributed by atoms with Crippen LogP contribution in [0.4, 0.5) is 33.3 Å². The van der Waals surface area contributed by atoms with Crippen molar-refractivity contribution >= 4 is 27.3 Å². The number of rotatable bonds is 5. The minimum atomic E-state index is -4.66. The number of pyridine rings is 1. The van der Waals surface area contributed by atoms with Gasteiger partial charge in [0.15, 0.2) is 16.6 Å². The van der Waals surface area contributed by atoms with E-state index < -0.39 is 69.4 Å². The van der Waals surface area contributed by atoms with Crippen LogP contribution in [0.25, 0.3) is 0 Å². The van der Waals surface area contributed by atoms with Crippen LogP contribution in [0, 0.1) is 17.6 Å². The molecular formula is C18H17F5N4O4S. The van der Waals surface area contributed by atoms with E-state index in [1.54, 1.807) is 0 Å². The molecular weight excluding hydrogens is 463 g/mol. The first kappa shape index (κ1) is 23.7. The van der Waals surface area contributed by atoms with Crippen LogP contribution in [-0.2, 0) is 14.8 Å². The number of hydrogen-bond donors (Lipinski definition) is 2. The summed E-state index contributed by atoms with van der Waals surface area (Å²) in [4.78, 5) is 17.4. The van der Waals surface area contributed by atoms with E-state index >= 15 is 0 Å². The number of anilines is 2. The number of sulfonamides is 1. The predicted octanol–water partition coefficient (Wildman–Crippen LogP) is 2.41. The number of alkyl halides is 3. The zero-order valence-electron chi connectivity index (χ0n) is 16.4. The highest BCUT2D eigenvalue weighted by atomic mass is 32.2. The van der Waals surface area contributed by atoms with Gasteiger partial charge in [0, 0.05) is 24.5 Å². The number of halogens is 5. The fourth-order valence-electron chi connectivity index (χ4n) is 3.40. The van der Waals surface area contributed by atoms with Crippen LogP contribution in [0.3, 0.4) is 0 Å². The third kappa shape index (κ3) is 4.75. The van der Waals surface area contributed by atoms with Crippen molar-refractivity contribution in [2.24, 2.45) is 11.1 Å². The minimum absolute atomic E-state index is 0.0818. The Morgan fingerprint density at radius 1 is 1.28 bits per heavy atom. The molecule has 0 bridgehead atoms. The molecule has 3 rings (SSSR count). The van der Waals surface area contributed by atoms with Gasteiger partial charge >= 0.3 is 6.18 Å². The quantitative estimate of drug-likeness (QED) is 0.636. The maximum atomic E-state index is 14.2. The van der Waals surface area contributed by atoms with Gasteiger partial charge in [0.2, 0.25) is 11.7 Å². The number of nitrogens with one attached hydrogen (secondary N) is 1. The molecule has 32 heavy (non-hydrogen) atoms. The Morgan fingerprint density at radius 3 is 2.56 bits per heavy atom. The summed E-state index contributed by atoms with van der Waals surface area (Å²) in [5.74, 6) is -6.20. The first-order chi connectivity index (χ1) is 14.8. The number of primary sulfonamides is 1. The van der Waals surface area contributed by atoms with Crippen molar-refractivity contribution in [1.29, 1.82) is 0 Å². The number of carbonyl (C=O) groups excluding carboxylic acids is 1. The molecule has 14 heteroatoms. The molecule has 2 atom stereocenters. The van der Waals surface area contributed by atoms with Gasteiger partial charge in [-0.3, -0.25) is 4.79 Å². The second kappa shape index (κ2) is 8.50. The standard InChI is InChI=1S/C18H17F5N4O4S/c1-31-16-12(3-2-11(19)15(16)20)27-8-9(18(21,22)23)6-13(27)17(28)26-10-4-5-25-14(7-10)32(24,29)30/h2-5,7,9,13H,6,8H2,1H3,(H2,24,29,30)(H,25,26,28)/t9-,13-/m0/s1. The molecule has 1 aromatic carbocycles. The highest BCUT2D eigenvalue weighted by Gasteiger charge is 2.50. The lowest BCUT2D eigenvalue weighted by Gasteiger charge is -2.27. The Hall–Kier alpha value is -3.00. The number of aromatic nitrogens is 1. The second-order valence-corrected chi connectivity index (χ2v) is 8.48. The molecule has 0 radical (unpaired) electrons. The number of ether oxygens (including phenoxy) is 1. The summed E-state index contributed by atoms with van der Waals surface area (Å²) < 4.78 is 95.7. The number of amides is 1. The highest BCUT2D eigenvalue weighted by molar-refractivity contribution is 7.89. The largest absolute Gasteiger partial charge is 0.491 e. The van der Waals surface area contributed by atoms with Gasteiger partial charge in [0.1, 0.15) is 6.04 Å². The lowest BCUT2D eigenvalue weighted by molar-refractivity contribution is -0.168. The van der Waals surface area contributed by atoms with Crippen LogP contribution in [-0.4, -0.2) is 45.2 Å². The summed E-state index contributed by atoms with van der Waals surface area (Å²) in [5, 5.41) is 6.74. The molecule has 1 amide bonds. The van der Waals surface area contributed by atoms with Crippen molar-refractivity contribution in [2.75, 3.05) is 23.9 Å². The molecule has 1 aliphatic heterocycles. The van der Waals surface area contributed by atoms with Crippen molar-refractivity contribution < 1.29 is 39.9 Å². The average molecular weight is 480 g/mol. The summed E-state index contributed by atoms with van der Waals surface area (Å²) in [6.07, 6.45) is -4.29. The van der Waals surface area contributed by atoms with Crippen LogP contribution >= 0.6 is 0 Å². The van der Waals surface area contributed by atoms with E-state index in [-0.39, 0.29) is 11.4 Å². The third-order valence-corrected chi connectivity index (χ3v) is 5.71. The Labute approximate surface area is 179 Å². The number of carbonyl (C=O) groups is 1. The molecule has 0 aliphatic carbocycles. The van der Waals surface area contributed by atoms with Crippen LogP contribution in [0.15, 0.2) is 35.5 Å². The molecule has 1 fully saturated rings. The first-order valence-electron chi connectivity index (χ1n) is 8.98. The van der Waals surface area contributed by atoms with E-state index in [1.165, 1.54) is 6.07 Å². The average Bonchev–Trinajstić information content (AvgIpc) is 3.15. The van der Waals surface area contributed by atoms with Gasteiger partial charge in [-0.2, -0.15) is 17.6 Å². The molecule has 174 valence electrons. The molecule has 1 aliphatic rings. The van der Waals surface area contributed by atoms with Crippen LogP contribution < -0.4 is 20.1 Å². The van der Waals surface area contributed by atoms with E-state index in [4.69, 9.17) is 9.88 Å². The summed E-state index contributed by atoms with van der Waals surface area (Å²) in [5.41, 5.74) is -0.320. The van der Waals surface area contributed by atoms with Crippen molar-refractivity contribution in [2.45, 2.75) is 23.7 Å². The molecule has 1 aromatic heterocycles. The van der Waals surface area contributed by atoms with E-state index in [9.17, 15) is 35.2 Å². The lowest BCUT2D eigenvalue weighted by atomic mass is 10.0. The van der Waals surface area contributed by atoms with Gasteiger partial charge in [0.25, 0.3) is 10.0 Å². The van der Waals surface area contributed by atoms with Crippen molar-refractivity contribution in [3.8, 4) is 5.75 Å². The third-order valence-electron chi connectivity index (χ3n) is 4.90. The fourth-order valence-corrected chi connectivity index (χ4v) is 3.90. The first-order valence-corrected chi connectivity index (χ1v) is 10.5. The summed E-state index contributed by atoms with van der Waals surface area (Å²) >= 11 is 0. The minimum Gasteiger partial charge on any atom is -0.491 e. The maximum absolute atomic E-state index is 14.2. The summed E-state index contributed by atoms with van der Waals surface area (Å²) in [6.45, 7) is -0.707. The van der Waals surface area contributed by atoms with Gasteiger partial charge in [-0.1, -0.05) is 0 Å².